The van der Waals surface area contributed by atoms with Crippen molar-refractivity contribution in [2.45, 2.75) is 13.0 Å². The Bertz CT molecular complexity index is 1300. The van der Waals surface area contributed by atoms with E-state index in [9.17, 15) is 18.8 Å². The van der Waals surface area contributed by atoms with Gasteiger partial charge in [-0.1, -0.05) is 6.07 Å². The Morgan fingerprint density at radius 1 is 1.16 bits per heavy atom. The van der Waals surface area contributed by atoms with Gasteiger partial charge in [0.2, 0.25) is 11.8 Å². The third kappa shape index (κ3) is 4.39. The summed E-state index contributed by atoms with van der Waals surface area (Å²) in [5.74, 6) is -1.46. The lowest BCUT2D eigenvalue weighted by Crippen LogP contribution is -2.38. The summed E-state index contributed by atoms with van der Waals surface area (Å²) in [6, 6.07) is 9.14. The van der Waals surface area contributed by atoms with Crippen LogP contribution in [0.5, 0.6) is 0 Å². The summed E-state index contributed by atoms with van der Waals surface area (Å²) in [6.45, 7) is -0.263. The molecule has 7 nitrogen and oxygen atoms in total. The highest BCUT2D eigenvalue weighted by Crippen LogP contribution is 2.33. The van der Waals surface area contributed by atoms with Gasteiger partial charge in [-0.2, -0.15) is 0 Å². The van der Waals surface area contributed by atoms with Gasteiger partial charge in [-0.05, 0) is 35.7 Å². The van der Waals surface area contributed by atoms with Gasteiger partial charge >= 0.3 is 0 Å². The SMILES string of the molecule is NC(=O)CCN(C(=O)Cn1cnc2scc(-c3cccs3)c2c1=O)c1ccc(F)cc1. The molecule has 4 aromatic rings. The van der Waals surface area contributed by atoms with E-state index in [0.29, 0.717) is 15.9 Å². The number of aromatic nitrogens is 2. The van der Waals surface area contributed by atoms with Gasteiger partial charge in [-0.3, -0.25) is 19.0 Å². The summed E-state index contributed by atoms with van der Waals surface area (Å²) in [6.07, 6.45) is 1.27. The third-order valence-corrected chi connectivity index (χ3v) is 6.46. The number of nitrogens with two attached hydrogens (primary N) is 1. The predicted molar refractivity (Wildman–Crippen MR) is 120 cm³/mol. The van der Waals surface area contributed by atoms with Gasteiger partial charge in [0.15, 0.2) is 0 Å². The number of thiophene rings is 2. The minimum atomic E-state index is -0.570. The number of anilines is 1. The first-order valence-corrected chi connectivity index (χ1v) is 11.0. The van der Waals surface area contributed by atoms with Crippen LogP contribution in [-0.4, -0.2) is 27.9 Å². The molecule has 0 aliphatic carbocycles. The van der Waals surface area contributed by atoms with Crippen molar-refractivity contribution in [1.29, 1.82) is 0 Å². The van der Waals surface area contributed by atoms with Gasteiger partial charge < -0.3 is 10.6 Å². The molecular formula is C21H17FN4O3S2. The zero-order chi connectivity index (χ0) is 22.0. The lowest BCUT2D eigenvalue weighted by atomic mass is 10.2. The number of fused-ring (bicyclic) bond motifs is 1. The van der Waals surface area contributed by atoms with Crippen LogP contribution in [0.4, 0.5) is 10.1 Å². The van der Waals surface area contributed by atoms with Crippen molar-refractivity contribution in [3.05, 3.63) is 69.7 Å². The van der Waals surface area contributed by atoms with Gasteiger partial charge in [0.1, 0.15) is 17.2 Å². The van der Waals surface area contributed by atoms with Crippen LogP contribution in [0, 0.1) is 5.82 Å². The molecule has 0 bridgehead atoms. The molecule has 0 fully saturated rings. The summed E-state index contributed by atoms with van der Waals surface area (Å²) in [5.41, 5.74) is 6.11. The molecule has 0 aliphatic heterocycles. The molecule has 1 aromatic carbocycles. The molecule has 0 saturated heterocycles. The fourth-order valence-corrected chi connectivity index (χ4v) is 4.89. The minimum Gasteiger partial charge on any atom is -0.370 e. The summed E-state index contributed by atoms with van der Waals surface area (Å²) in [7, 11) is 0. The van der Waals surface area contributed by atoms with Crippen LogP contribution < -0.4 is 16.2 Å². The van der Waals surface area contributed by atoms with Crippen molar-refractivity contribution in [2.24, 2.45) is 5.73 Å². The maximum atomic E-state index is 13.3. The predicted octanol–water partition coefficient (Wildman–Crippen LogP) is 3.23. The first kappa shape index (κ1) is 20.9. The molecule has 3 aromatic heterocycles. The second-order valence-corrected chi connectivity index (χ2v) is 8.53. The van der Waals surface area contributed by atoms with Gasteiger partial charge in [-0.15, -0.1) is 22.7 Å². The number of hydrogen-bond acceptors (Lipinski definition) is 6. The van der Waals surface area contributed by atoms with E-state index in [0.717, 1.165) is 10.4 Å². The zero-order valence-electron chi connectivity index (χ0n) is 16.2. The number of carbonyl (C=O) groups excluding carboxylic acids is 2. The Balaban J connectivity index is 1.67. The second-order valence-electron chi connectivity index (χ2n) is 6.72. The van der Waals surface area contributed by atoms with E-state index in [-0.39, 0.29) is 25.1 Å². The minimum absolute atomic E-state index is 0.0170. The van der Waals surface area contributed by atoms with Crippen LogP contribution in [0.3, 0.4) is 0 Å². The Hall–Kier alpha value is -3.37. The zero-order valence-corrected chi connectivity index (χ0v) is 17.8. The molecule has 31 heavy (non-hydrogen) atoms. The second kappa shape index (κ2) is 8.78. The van der Waals surface area contributed by atoms with E-state index >= 15 is 0 Å². The molecule has 10 heteroatoms. The van der Waals surface area contributed by atoms with E-state index in [1.54, 1.807) is 0 Å². The lowest BCUT2D eigenvalue weighted by molar-refractivity contribution is -0.119. The van der Waals surface area contributed by atoms with E-state index in [2.05, 4.69) is 4.98 Å². The van der Waals surface area contributed by atoms with Crippen LogP contribution in [0.15, 0.2) is 58.3 Å². The highest BCUT2D eigenvalue weighted by atomic mass is 32.1. The maximum absolute atomic E-state index is 13.3. The van der Waals surface area contributed by atoms with Gasteiger partial charge in [-0.25, -0.2) is 9.37 Å². The van der Waals surface area contributed by atoms with E-state index in [4.69, 9.17) is 5.73 Å². The van der Waals surface area contributed by atoms with Crippen molar-refractivity contribution < 1.29 is 14.0 Å². The molecule has 0 spiro atoms. The largest absolute Gasteiger partial charge is 0.370 e. The topological polar surface area (TPSA) is 98.3 Å². The fourth-order valence-electron chi connectivity index (χ4n) is 3.17. The Kier molecular flexibility index (Phi) is 5.92. The molecule has 4 rings (SSSR count). The average molecular weight is 457 g/mol. The molecular weight excluding hydrogens is 439 g/mol. The third-order valence-electron chi connectivity index (χ3n) is 4.67. The summed E-state index contributed by atoms with van der Waals surface area (Å²) in [4.78, 5) is 44.6. The number of amides is 2. The summed E-state index contributed by atoms with van der Waals surface area (Å²) >= 11 is 2.89. The molecule has 2 amide bonds. The molecule has 0 saturated carbocycles. The van der Waals surface area contributed by atoms with Gasteiger partial charge in [0, 0.05) is 34.5 Å². The number of halogens is 1. The Morgan fingerprint density at radius 2 is 1.94 bits per heavy atom. The van der Waals surface area contributed by atoms with Crippen molar-refractivity contribution >= 4 is 50.4 Å². The normalized spacial score (nSPS) is 11.0. The van der Waals surface area contributed by atoms with Gasteiger partial charge in [0.25, 0.3) is 5.56 Å². The number of carbonyl (C=O) groups is 2. The number of nitrogens with zero attached hydrogens (tertiary/aromatic N) is 3. The number of hydrogen-bond donors (Lipinski definition) is 1. The summed E-state index contributed by atoms with van der Waals surface area (Å²) < 4.78 is 14.6. The van der Waals surface area contributed by atoms with E-state index < -0.39 is 17.6 Å². The van der Waals surface area contributed by atoms with Crippen LogP contribution in [0.1, 0.15) is 6.42 Å². The number of benzene rings is 1. The first-order valence-electron chi connectivity index (χ1n) is 9.29. The Labute approximate surface area is 184 Å². The quantitative estimate of drug-likeness (QED) is 0.462. The van der Waals surface area contributed by atoms with Crippen LogP contribution in [-0.2, 0) is 16.1 Å². The standard InChI is InChI=1S/C21H17FN4O3S2/c22-13-3-5-14(6-4-13)26(8-7-17(23)27)18(28)10-25-12-24-20-19(21(25)29)15(11-31-20)16-2-1-9-30-16/h1-6,9,11-12H,7-8,10H2,(H2,23,27). The molecule has 0 radical (unpaired) electrons. The van der Waals surface area contributed by atoms with Crippen molar-refractivity contribution in [1.82, 2.24) is 9.55 Å². The van der Waals surface area contributed by atoms with E-state index in [1.807, 2.05) is 22.9 Å². The molecule has 0 atom stereocenters. The first-order chi connectivity index (χ1) is 14.9. The van der Waals surface area contributed by atoms with E-state index in [1.165, 1.54) is 62.7 Å². The fraction of sp³-hybridized carbons (Fsp3) is 0.143. The van der Waals surface area contributed by atoms with Crippen LogP contribution >= 0.6 is 22.7 Å². The molecule has 2 N–H and O–H groups in total. The lowest BCUT2D eigenvalue weighted by Gasteiger charge is -2.22. The number of rotatable bonds is 7. The monoisotopic (exact) mass is 456 g/mol. The maximum Gasteiger partial charge on any atom is 0.263 e. The van der Waals surface area contributed by atoms with Gasteiger partial charge in [0.05, 0.1) is 11.7 Å². The highest BCUT2D eigenvalue weighted by molar-refractivity contribution is 7.18. The summed E-state index contributed by atoms with van der Waals surface area (Å²) in [5, 5.41) is 4.28. The highest BCUT2D eigenvalue weighted by Gasteiger charge is 2.20. The molecule has 158 valence electrons. The average Bonchev–Trinajstić information content (AvgIpc) is 3.41. The van der Waals surface area contributed by atoms with Crippen molar-refractivity contribution in [2.75, 3.05) is 11.4 Å². The number of primary amides is 1. The Morgan fingerprint density at radius 3 is 2.61 bits per heavy atom. The van der Waals surface area contributed by atoms with Crippen LogP contribution in [0.25, 0.3) is 20.7 Å². The van der Waals surface area contributed by atoms with Crippen molar-refractivity contribution in [3.8, 4) is 10.4 Å². The molecule has 0 aliphatic rings. The van der Waals surface area contributed by atoms with Crippen molar-refractivity contribution in [3.63, 3.8) is 0 Å². The molecule has 0 unspecified atom stereocenters. The van der Waals surface area contributed by atoms with Crippen LogP contribution in [0.2, 0.25) is 0 Å². The smallest absolute Gasteiger partial charge is 0.263 e. The molecule has 3 heterocycles.